The molecule has 1 saturated heterocycles. The first-order chi connectivity index (χ1) is 14.1. The van der Waals surface area contributed by atoms with Crippen LogP contribution < -0.4 is 0 Å². The van der Waals surface area contributed by atoms with Crippen molar-refractivity contribution in [3.63, 3.8) is 0 Å². The van der Waals surface area contributed by atoms with Gasteiger partial charge in [-0.1, -0.05) is 79.7 Å². The van der Waals surface area contributed by atoms with Gasteiger partial charge in [0.25, 0.3) is 0 Å². The molecule has 3 saturated carbocycles. The van der Waals surface area contributed by atoms with Gasteiger partial charge in [0, 0.05) is 12.1 Å². The van der Waals surface area contributed by atoms with Crippen molar-refractivity contribution in [2.75, 3.05) is 7.05 Å². The molecular weight excluding hydrogens is 463 g/mol. The van der Waals surface area contributed by atoms with E-state index < -0.39 is 25.3 Å². The molecule has 176 valence electrons. The minimum absolute atomic E-state index is 0.133. The zero-order valence-corrected chi connectivity index (χ0v) is 24.6. The molecule has 0 spiro atoms. The summed E-state index contributed by atoms with van der Waals surface area (Å²) in [5, 5.41) is 0. The molecule has 4 fully saturated rings. The molecule has 6 heteroatoms. The summed E-state index contributed by atoms with van der Waals surface area (Å²) in [7, 11) is 10.7. The molecule has 2 nitrogen and oxygen atoms in total. The molecule has 1 heterocycles. The maximum atomic E-state index is 5.56. The van der Waals surface area contributed by atoms with E-state index in [1.807, 2.05) is 0 Å². The van der Waals surface area contributed by atoms with Gasteiger partial charge < -0.3 is 11.9 Å². The minimum atomic E-state index is -1.61. The van der Waals surface area contributed by atoms with E-state index in [-0.39, 0.29) is 5.54 Å². The SMILES string of the molecule is CN1C2CCCCC2C2C1C1CCCCC1C2[Si](C)(C)[N-]C(C)(C)C.[CH2-]C.[Cl][Ti][Cl]. The third-order valence-electron chi connectivity index (χ3n) is 8.29. The number of nitrogens with zero attached hydrogens (tertiary/aromatic N) is 2. The maximum absolute atomic E-state index is 5.56. The van der Waals surface area contributed by atoms with Crippen LogP contribution in [0.5, 0.6) is 0 Å². The fourth-order valence-electron chi connectivity index (χ4n) is 8.18. The Balaban J connectivity index is 0.000000590. The van der Waals surface area contributed by atoms with Crippen molar-refractivity contribution in [2.45, 2.75) is 115 Å². The predicted octanol–water partition coefficient (Wildman–Crippen LogP) is 8.26. The molecule has 0 radical (unpaired) electrons. The van der Waals surface area contributed by atoms with Crippen LogP contribution in [0.4, 0.5) is 0 Å². The second-order valence-electron chi connectivity index (χ2n) is 11.4. The zero-order chi connectivity index (χ0) is 22.7. The molecule has 30 heavy (non-hydrogen) atoms. The summed E-state index contributed by atoms with van der Waals surface area (Å²) in [5.41, 5.74) is 1.08. The van der Waals surface area contributed by atoms with Crippen molar-refractivity contribution in [3.05, 3.63) is 11.9 Å². The van der Waals surface area contributed by atoms with Crippen LogP contribution in [0, 0.1) is 30.6 Å². The third kappa shape index (κ3) is 5.91. The molecule has 0 aromatic carbocycles. The van der Waals surface area contributed by atoms with Gasteiger partial charge in [0.1, 0.15) is 0 Å². The molecule has 7 unspecified atom stereocenters. The Morgan fingerprint density at radius 2 is 1.37 bits per heavy atom. The van der Waals surface area contributed by atoms with E-state index >= 15 is 0 Å². The number of likely N-dealkylation sites (tertiary alicyclic amines) is 1. The first-order valence-corrected chi connectivity index (χ1v) is 19.6. The fourth-order valence-corrected chi connectivity index (χ4v) is 12.9. The van der Waals surface area contributed by atoms with Crippen LogP contribution in [0.2, 0.25) is 18.6 Å². The van der Waals surface area contributed by atoms with Gasteiger partial charge in [0.2, 0.25) is 0 Å². The van der Waals surface area contributed by atoms with Crippen LogP contribution in [0.25, 0.3) is 4.98 Å². The second kappa shape index (κ2) is 11.7. The summed E-state index contributed by atoms with van der Waals surface area (Å²) >= 11 is -0.556. The molecule has 0 bridgehead atoms. The van der Waals surface area contributed by atoms with Crippen molar-refractivity contribution in [1.29, 1.82) is 0 Å². The van der Waals surface area contributed by atoms with Gasteiger partial charge in [-0.05, 0) is 50.0 Å². The molecule has 4 aliphatic rings. The molecule has 0 aromatic heterocycles. The van der Waals surface area contributed by atoms with Crippen LogP contribution in [0.15, 0.2) is 0 Å². The van der Waals surface area contributed by atoms with Crippen molar-refractivity contribution in [3.8, 4) is 0 Å². The Labute approximate surface area is 205 Å². The van der Waals surface area contributed by atoms with Crippen molar-refractivity contribution < 1.29 is 17.0 Å². The second-order valence-corrected chi connectivity index (χ2v) is 18.2. The van der Waals surface area contributed by atoms with E-state index in [9.17, 15) is 0 Å². The summed E-state index contributed by atoms with van der Waals surface area (Å²) in [5.74, 6) is 3.93. The van der Waals surface area contributed by atoms with Gasteiger partial charge in [-0.15, -0.1) is 5.54 Å². The molecular formula is C24H46Cl2N2SiTi-2. The molecule has 3 aliphatic carbocycles. The number of fused-ring (bicyclic) bond motifs is 5. The Hall–Kier alpha value is 1.43. The van der Waals surface area contributed by atoms with Crippen LogP contribution in [0.3, 0.4) is 0 Å². The van der Waals surface area contributed by atoms with E-state index in [1.54, 1.807) is 6.92 Å². The quantitative estimate of drug-likeness (QED) is 0.271. The number of hydrogen-bond acceptors (Lipinski definition) is 1. The molecule has 0 amide bonds. The molecule has 0 aromatic rings. The van der Waals surface area contributed by atoms with Crippen LogP contribution >= 0.6 is 18.6 Å². The monoisotopic (exact) mass is 508 g/mol. The van der Waals surface area contributed by atoms with Gasteiger partial charge in [0.05, 0.1) is 0 Å². The van der Waals surface area contributed by atoms with Crippen LogP contribution in [-0.2, 0) is 17.0 Å². The first-order valence-electron chi connectivity index (χ1n) is 12.3. The van der Waals surface area contributed by atoms with Crippen LogP contribution in [-0.4, -0.2) is 37.8 Å². The summed E-state index contributed by atoms with van der Waals surface area (Å²) < 4.78 is 0. The number of hydrogen-bond donors (Lipinski definition) is 0. The standard InChI is InChI=1S/C22H41N2Si.C2H5.2ClH.Ti/c1-22(2,3)23-25(5,6)21-16-12-8-7-11-15(16)20-19(21)17-13-9-10-14-18(17)24(20)4;1-2;;;/h15-21H,7-14H2,1-6H3;1H2,2H3;2*1H;/q2*-1;;;+2/p-2. The average Bonchev–Trinajstić information content (AvgIpc) is 3.17. The molecule has 0 N–H and O–H groups in total. The van der Waals surface area contributed by atoms with Gasteiger partial charge in [-0.3, -0.25) is 4.90 Å². The number of rotatable bonds is 2. The van der Waals surface area contributed by atoms with Crippen molar-refractivity contribution >= 4 is 26.8 Å². The third-order valence-corrected chi connectivity index (χ3v) is 12.0. The summed E-state index contributed by atoms with van der Waals surface area (Å²) in [6.07, 6.45) is 11.9. The zero-order valence-electron chi connectivity index (χ0n) is 20.6. The Kier molecular flexibility index (Phi) is 10.8. The van der Waals surface area contributed by atoms with E-state index in [4.69, 9.17) is 23.6 Å². The van der Waals surface area contributed by atoms with Gasteiger partial charge in [0.15, 0.2) is 0 Å². The Morgan fingerprint density at radius 1 is 0.900 bits per heavy atom. The van der Waals surface area contributed by atoms with Gasteiger partial charge in [-0.25, -0.2) is 0 Å². The molecule has 7 atom stereocenters. The van der Waals surface area contributed by atoms with Gasteiger partial charge in [-0.2, -0.15) is 6.92 Å². The fraction of sp³-hybridized carbons (Fsp3) is 0.958. The Morgan fingerprint density at radius 3 is 1.90 bits per heavy atom. The topological polar surface area (TPSA) is 17.3 Å². The van der Waals surface area contributed by atoms with Crippen molar-refractivity contribution in [1.82, 2.24) is 4.90 Å². The normalized spacial score (nSPS) is 38.3. The summed E-state index contributed by atoms with van der Waals surface area (Å²) in [6.45, 7) is 17.2. The van der Waals surface area contributed by atoms with E-state index in [1.165, 1.54) is 51.4 Å². The molecule has 4 rings (SSSR count). The van der Waals surface area contributed by atoms with E-state index in [2.05, 4.69) is 52.7 Å². The van der Waals surface area contributed by atoms with Crippen molar-refractivity contribution in [2.24, 2.45) is 23.7 Å². The number of halogens is 2. The first kappa shape index (κ1) is 27.7. The van der Waals surface area contributed by atoms with Crippen LogP contribution in [0.1, 0.15) is 79.1 Å². The molecule has 1 aliphatic heterocycles. The van der Waals surface area contributed by atoms with E-state index in [0.717, 1.165) is 41.3 Å². The average molecular weight is 510 g/mol. The van der Waals surface area contributed by atoms with E-state index in [0.29, 0.717) is 0 Å². The predicted molar refractivity (Wildman–Crippen MR) is 133 cm³/mol. The summed E-state index contributed by atoms with van der Waals surface area (Å²) in [6, 6.07) is 1.79. The van der Waals surface area contributed by atoms with Gasteiger partial charge >= 0.3 is 35.6 Å². The summed E-state index contributed by atoms with van der Waals surface area (Å²) in [4.78, 5) is 8.46. The Bertz CT molecular complexity index is 526.